The van der Waals surface area contributed by atoms with Crippen LogP contribution >= 0.6 is 0 Å². The summed E-state index contributed by atoms with van der Waals surface area (Å²) in [5, 5.41) is 21.4. The number of nitrogens with zero attached hydrogens (tertiary/aromatic N) is 3. The first kappa shape index (κ1) is 23.5. The van der Waals surface area contributed by atoms with Gasteiger partial charge in [-0.2, -0.15) is 5.10 Å². The van der Waals surface area contributed by atoms with Gasteiger partial charge in [0.15, 0.2) is 0 Å². The zero-order valence-corrected chi connectivity index (χ0v) is 20.8. The number of rotatable bonds is 7. The molecule has 6 heteroatoms. The fourth-order valence-corrected chi connectivity index (χ4v) is 5.49. The zero-order chi connectivity index (χ0) is 25.0. The van der Waals surface area contributed by atoms with E-state index in [4.69, 9.17) is 4.98 Å². The number of aliphatic hydroxyl groups excluding tert-OH is 1. The molecule has 3 aromatic heterocycles. The van der Waals surface area contributed by atoms with E-state index in [2.05, 4.69) is 75.1 Å². The molecular formula is C31H31N5O. The minimum atomic E-state index is 0.268. The van der Waals surface area contributed by atoms with Crippen molar-refractivity contribution in [3.63, 3.8) is 0 Å². The number of hydrogen-bond acceptors (Lipinski definition) is 5. The van der Waals surface area contributed by atoms with Crippen LogP contribution in [0.2, 0.25) is 0 Å². The molecule has 0 aliphatic heterocycles. The number of aromatic amines is 1. The summed E-state index contributed by atoms with van der Waals surface area (Å²) in [6, 6.07) is 23.7. The van der Waals surface area contributed by atoms with Gasteiger partial charge >= 0.3 is 0 Å². The summed E-state index contributed by atoms with van der Waals surface area (Å²) in [6.45, 7) is 1.07. The summed E-state index contributed by atoms with van der Waals surface area (Å²) < 4.78 is 0. The van der Waals surface area contributed by atoms with Crippen molar-refractivity contribution in [2.45, 2.75) is 38.3 Å². The lowest BCUT2D eigenvalue weighted by atomic mass is 9.85. The lowest BCUT2D eigenvalue weighted by Gasteiger charge is -2.31. The second kappa shape index (κ2) is 10.6. The third-order valence-corrected chi connectivity index (χ3v) is 7.54. The van der Waals surface area contributed by atoms with Gasteiger partial charge in [-0.3, -0.25) is 10.1 Å². The average molecular weight is 490 g/mol. The minimum absolute atomic E-state index is 0.268. The molecule has 5 aromatic rings. The maximum atomic E-state index is 9.73. The highest BCUT2D eigenvalue weighted by Gasteiger charge is 2.23. The molecule has 0 spiro atoms. The van der Waals surface area contributed by atoms with Crippen LogP contribution in [-0.4, -0.2) is 37.9 Å². The number of fused-ring (bicyclic) bond motifs is 1. The van der Waals surface area contributed by atoms with E-state index >= 15 is 0 Å². The summed E-state index contributed by atoms with van der Waals surface area (Å²) in [7, 11) is 0. The van der Waals surface area contributed by atoms with Crippen LogP contribution in [-0.2, 0) is 6.54 Å². The van der Waals surface area contributed by atoms with E-state index in [0.717, 1.165) is 63.9 Å². The van der Waals surface area contributed by atoms with Crippen LogP contribution in [0.3, 0.4) is 0 Å². The third-order valence-electron chi connectivity index (χ3n) is 7.54. The van der Waals surface area contributed by atoms with E-state index in [1.54, 1.807) is 6.20 Å². The zero-order valence-electron chi connectivity index (χ0n) is 20.8. The smallest absolute Gasteiger partial charge is 0.0827 e. The molecule has 2 atom stereocenters. The van der Waals surface area contributed by atoms with Crippen LogP contribution in [0.15, 0.2) is 85.3 Å². The van der Waals surface area contributed by atoms with Crippen molar-refractivity contribution in [3.8, 4) is 33.6 Å². The standard InChI is InChI=1S/C31H31N5O/c37-20-24-8-4-5-9-28(24)33-17-21-10-12-23(13-11-21)31-26(22-6-2-1-3-7-22)16-27-29(36-31)14-15-32-30(27)25-18-34-35-19-25/h1-3,6-7,10-16,18-19,24,28,33,37H,4-5,8-9,17,20H2,(H,34,35)/t24-,28-/m0/s1. The molecule has 0 amide bonds. The molecule has 6 rings (SSSR count). The molecule has 0 saturated heterocycles. The Bertz CT molecular complexity index is 1470. The van der Waals surface area contributed by atoms with Gasteiger partial charge in [0, 0.05) is 53.7 Å². The molecular weight excluding hydrogens is 458 g/mol. The third kappa shape index (κ3) is 4.90. The molecule has 6 nitrogen and oxygen atoms in total. The average Bonchev–Trinajstić information content (AvgIpc) is 3.51. The Morgan fingerprint density at radius 1 is 0.892 bits per heavy atom. The first-order chi connectivity index (χ1) is 18.3. The fourth-order valence-electron chi connectivity index (χ4n) is 5.49. The Morgan fingerprint density at radius 3 is 2.51 bits per heavy atom. The number of aliphatic hydroxyl groups is 1. The second-order valence-corrected chi connectivity index (χ2v) is 9.88. The second-order valence-electron chi connectivity index (χ2n) is 9.88. The van der Waals surface area contributed by atoms with E-state index in [1.807, 2.05) is 24.5 Å². The number of pyridine rings is 2. The lowest BCUT2D eigenvalue weighted by Crippen LogP contribution is -2.39. The normalized spacial score (nSPS) is 17.8. The molecule has 2 aromatic carbocycles. The number of nitrogens with one attached hydrogen (secondary N) is 2. The van der Waals surface area contributed by atoms with Gasteiger partial charge in [0.05, 0.1) is 23.1 Å². The highest BCUT2D eigenvalue weighted by Crippen LogP contribution is 2.36. The molecule has 1 aliphatic carbocycles. The highest BCUT2D eigenvalue weighted by molar-refractivity contribution is 5.98. The van der Waals surface area contributed by atoms with Gasteiger partial charge in [-0.25, -0.2) is 4.98 Å². The maximum Gasteiger partial charge on any atom is 0.0827 e. The van der Waals surface area contributed by atoms with Gasteiger partial charge < -0.3 is 10.4 Å². The van der Waals surface area contributed by atoms with Crippen LogP contribution in [0.25, 0.3) is 44.5 Å². The summed E-state index contributed by atoms with van der Waals surface area (Å²) in [5.41, 5.74) is 8.17. The number of H-pyrrole nitrogens is 1. The topological polar surface area (TPSA) is 86.7 Å². The molecule has 0 bridgehead atoms. The van der Waals surface area contributed by atoms with E-state index in [1.165, 1.54) is 18.4 Å². The number of benzene rings is 2. The molecule has 3 heterocycles. The molecule has 186 valence electrons. The Hall–Kier alpha value is -3.87. The molecule has 1 fully saturated rings. The van der Waals surface area contributed by atoms with E-state index < -0.39 is 0 Å². The summed E-state index contributed by atoms with van der Waals surface area (Å²) >= 11 is 0. The SMILES string of the molecule is OC[C@@H]1CCCC[C@@H]1NCc1ccc(-c2nc3ccnc(-c4cn[nH]c4)c3cc2-c2ccccc2)cc1. The van der Waals surface area contributed by atoms with Crippen molar-refractivity contribution in [3.05, 3.63) is 90.9 Å². The lowest BCUT2D eigenvalue weighted by molar-refractivity contribution is 0.152. The van der Waals surface area contributed by atoms with Crippen molar-refractivity contribution in [1.82, 2.24) is 25.5 Å². The quantitative estimate of drug-likeness (QED) is 0.261. The molecule has 0 radical (unpaired) electrons. The first-order valence-electron chi connectivity index (χ1n) is 13.1. The van der Waals surface area contributed by atoms with Gasteiger partial charge in [-0.15, -0.1) is 0 Å². The number of hydrogen-bond donors (Lipinski definition) is 3. The summed E-state index contributed by atoms with van der Waals surface area (Å²) in [5.74, 6) is 0.365. The van der Waals surface area contributed by atoms with Crippen molar-refractivity contribution >= 4 is 10.9 Å². The first-order valence-corrected chi connectivity index (χ1v) is 13.1. The van der Waals surface area contributed by atoms with Gasteiger partial charge in [0.25, 0.3) is 0 Å². The van der Waals surface area contributed by atoms with Gasteiger partial charge in [-0.05, 0) is 42.0 Å². The summed E-state index contributed by atoms with van der Waals surface area (Å²) in [6.07, 6.45) is 10.2. The van der Waals surface area contributed by atoms with Crippen LogP contribution in [0.4, 0.5) is 0 Å². The van der Waals surface area contributed by atoms with Crippen LogP contribution in [0.1, 0.15) is 31.2 Å². The molecule has 3 N–H and O–H groups in total. The molecule has 37 heavy (non-hydrogen) atoms. The van der Waals surface area contributed by atoms with Crippen molar-refractivity contribution in [2.75, 3.05) is 6.61 Å². The molecule has 1 aliphatic rings. The van der Waals surface area contributed by atoms with Crippen LogP contribution in [0, 0.1) is 5.92 Å². The Balaban J connectivity index is 1.35. The summed E-state index contributed by atoms with van der Waals surface area (Å²) in [4.78, 5) is 9.79. The monoisotopic (exact) mass is 489 g/mol. The Morgan fingerprint density at radius 2 is 1.73 bits per heavy atom. The van der Waals surface area contributed by atoms with Crippen molar-refractivity contribution in [1.29, 1.82) is 0 Å². The minimum Gasteiger partial charge on any atom is -0.396 e. The largest absolute Gasteiger partial charge is 0.396 e. The highest BCUT2D eigenvalue weighted by atomic mass is 16.3. The van der Waals surface area contributed by atoms with E-state index in [9.17, 15) is 5.11 Å². The predicted octanol–water partition coefficient (Wildman–Crippen LogP) is 5.99. The Kier molecular flexibility index (Phi) is 6.76. The van der Waals surface area contributed by atoms with E-state index in [-0.39, 0.29) is 6.61 Å². The molecule has 0 unspecified atom stereocenters. The van der Waals surface area contributed by atoms with Crippen molar-refractivity contribution in [2.24, 2.45) is 5.92 Å². The predicted molar refractivity (Wildman–Crippen MR) is 148 cm³/mol. The Labute approximate surface area is 216 Å². The van der Waals surface area contributed by atoms with Gasteiger partial charge in [-0.1, -0.05) is 67.4 Å². The maximum absolute atomic E-state index is 9.73. The molecule has 1 saturated carbocycles. The fraction of sp³-hybridized carbons (Fsp3) is 0.258. The number of aromatic nitrogens is 4. The van der Waals surface area contributed by atoms with Crippen molar-refractivity contribution < 1.29 is 5.11 Å². The van der Waals surface area contributed by atoms with Gasteiger partial charge in [0.2, 0.25) is 0 Å². The van der Waals surface area contributed by atoms with E-state index in [0.29, 0.717) is 12.0 Å². The van der Waals surface area contributed by atoms with Gasteiger partial charge in [0.1, 0.15) is 0 Å². The van der Waals surface area contributed by atoms with Crippen LogP contribution in [0.5, 0.6) is 0 Å². The van der Waals surface area contributed by atoms with Crippen LogP contribution < -0.4 is 5.32 Å².